The molecule has 0 spiro atoms. The maximum absolute atomic E-state index is 13.5. The maximum Gasteiger partial charge on any atom is 0.339 e. The van der Waals surface area contributed by atoms with Crippen LogP contribution >= 0.6 is 0 Å². The molecule has 1 aromatic heterocycles. The monoisotopic (exact) mass is 510 g/mol. The van der Waals surface area contributed by atoms with Gasteiger partial charge >= 0.3 is 5.97 Å². The number of ether oxygens (including phenoxy) is 3. The number of nitrogens with zero attached hydrogens (tertiary/aromatic N) is 1. The zero-order valence-corrected chi connectivity index (χ0v) is 20.9. The first-order chi connectivity index (χ1) is 18.6. The lowest BCUT2D eigenvalue weighted by Gasteiger charge is -2.27. The van der Waals surface area contributed by atoms with E-state index in [2.05, 4.69) is 17.4 Å². The molecule has 1 amide bonds. The summed E-state index contributed by atoms with van der Waals surface area (Å²) in [6.07, 6.45) is 0.771. The number of fused-ring (bicyclic) bond motifs is 3. The van der Waals surface area contributed by atoms with Gasteiger partial charge in [-0.05, 0) is 18.2 Å². The van der Waals surface area contributed by atoms with E-state index in [0.717, 1.165) is 41.7 Å². The molecule has 1 atom stereocenters. The first kappa shape index (κ1) is 23.9. The molecule has 3 heterocycles. The predicted molar refractivity (Wildman–Crippen MR) is 141 cm³/mol. The summed E-state index contributed by atoms with van der Waals surface area (Å²) in [7, 11) is 0. The van der Waals surface area contributed by atoms with E-state index in [1.807, 2.05) is 42.5 Å². The lowest BCUT2D eigenvalue weighted by atomic mass is 9.95. The quantitative estimate of drug-likeness (QED) is 0.388. The Hall–Kier alpha value is -4.43. The number of para-hydroxylation sites is 1. The number of hydrogen-bond acceptors (Lipinski definition) is 6. The molecule has 0 radical (unpaired) electrons. The number of carbonyl (C=O) groups excluding carboxylic acids is 2. The molecule has 38 heavy (non-hydrogen) atoms. The number of anilines is 1. The van der Waals surface area contributed by atoms with Crippen molar-refractivity contribution in [3.63, 3.8) is 0 Å². The summed E-state index contributed by atoms with van der Waals surface area (Å²) in [6, 6.07) is 23.1. The number of esters is 1. The van der Waals surface area contributed by atoms with Crippen LogP contribution in [0.1, 0.15) is 27.2 Å². The summed E-state index contributed by atoms with van der Waals surface area (Å²) in [5, 5.41) is 3.50. The molecule has 2 aliphatic rings. The first-order valence-corrected chi connectivity index (χ1v) is 12.8. The van der Waals surface area contributed by atoms with Crippen LogP contribution < -0.4 is 19.7 Å². The van der Waals surface area contributed by atoms with Crippen LogP contribution in [0.5, 0.6) is 11.5 Å². The van der Waals surface area contributed by atoms with Crippen molar-refractivity contribution >= 4 is 28.5 Å². The minimum absolute atomic E-state index is 0.403. The van der Waals surface area contributed by atoms with E-state index >= 15 is 0 Å². The van der Waals surface area contributed by atoms with Gasteiger partial charge in [0.05, 0.1) is 23.3 Å². The second-order valence-corrected chi connectivity index (χ2v) is 9.50. The van der Waals surface area contributed by atoms with Gasteiger partial charge in [0.25, 0.3) is 5.91 Å². The Morgan fingerprint density at radius 3 is 2.61 bits per heavy atom. The Morgan fingerprint density at radius 2 is 1.74 bits per heavy atom. The zero-order valence-electron chi connectivity index (χ0n) is 20.9. The third-order valence-electron chi connectivity index (χ3n) is 6.88. The molecule has 8 heteroatoms. The largest absolute Gasteiger partial charge is 0.486 e. The second-order valence-electron chi connectivity index (χ2n) is 9.50. The van der Waals surface area contributed by atoms with Crippen molar-refractivity contribution in [2.75, 3.05) is 31.7 Å². The molecule has 0 saturated heterocycles. The summed E-state index contributed by atoms with van der Waals surface area (Å²) >= 11 is 0. The number of benzene rings is 3. The minimum atomic E-state index is -0.516. The molecule has 0 saturated carbocycles. The van der Waals surface area contributed by atoms with E-state index < -0.39 is 18.5 Å². The Bertz CT molecular complexity index is 1510. The zero-order chi connectivity index (χ0) is 25.9. The summed E-state index contributed by atoms with van der Waals surface area (Å²) in [5.41, 5.74) is 4.88. The summed E-state index contributed by atoms with van der Waals surface area (Å²) in [6.45, 7) is 3.00. The number of quaternary nitrogens is 1. The van der Waals surface area contributed by atoms with Crippen molar-refractivity contribution in [2.45, 2.75) is 19.5 Å². The molecule has 6 rings (SSSR count). The molecule has 2 N–H and O–H groups in total. The van der Waals surface area contributed by atoms with Crippen LogP contribution in [0, 0.1) is 0 Å². The highest BCUT2D eigenvalue weighted by Gasteiger charge is 2.29. The van der Waals surface area contributed by atoms with Crippen LogP contribution in [-0.4, -0.2) is 43.2 Å². The lowest BCUT2D eigenvalue weighted by molar-refractivity contribution is -0.929. The van der Waals surface area contributed by atoms with E-state index in [9.17, 15) is 9.59 Å². The summed E-state index contributed by atoms with van der Waals surface area (Å²) in [4.78, 5) is 32.3. The predicted octanol–water partition coefficient (Wildman–Crippen LogP) is 2.94. The molecule has 8 nitrogen and oxygen atoms in total. The molecule has 192 valence electrons. The fraction of sp³-hybridized carbons (Fsp3) is 0.233. The van der Waals surface area contributed by atoms with Gasteiger partial charge in [0.15, 0.2) is 18.1 Å². The topological polar surface area (TPSA) is 91.2 Å². The highest BCUT2D eigenvalue weighted by atomic mass is 16.6. The molecule has 3 aromatic carbocycles. The smallest absolute Gasteiger partial charge is 0.339 e. The number of nitrogens with one attached hydrogen (secondary N) is 2. The van der Waals surface area contributed by atoms with Crippen molar-refractivity contribution in [3.05, 3.63) is 95.2 Å². The number of aromatic nitrogens is 1. The standard InChI is InChI=1S/C30H27N3O5/c34-28(31-21-10-11-26-27(16-21)37-15-14-36-26)19-38-30(35)29-22-8-4-5-9-24(22)32-25-12-13-33(18-23(25)29)17-20-6-2-1-3-7-20/h1-11,16H,12-15,17-19H2,(H,31,34)/p+1. The van der Waals surface area contributed by atoms with Crippen LogP contribution in [0.25, 0.3) is 10.9 Å². The Balaban J connectivity index is 1.20. The van der Waals surface area contributed by atoms with Crippen LogP contribution in [0.2, 0.25) is 0 Å². The number of pyridine rings is 1. The van der Waals surface area contributed by atoms with Crippen molar-refractivity contribution in [3.8, 4) is 11.5 Å². The number of hydrogen-bond donors (Lipinski definition) is 2. The molecule has 0 aliphatic carbocycles. The average Bonchev–Trinajstić information content (AvgIpc) is 2.95. The number of carbonyl (C=O) groups is 2. The van der Waals surface area contributed by atoms with E-state index in [0.29, 0.717) is 42.5 Å². The fourth-order valence-electron chi connectivity index (χ4n) is 5.12. The van der Waals surface area contributed by atoms with Gasteiger partial charge in [-0.2, -0.15) is 0 Å². The molecule has 2 aliphatic heterocycles. The van der Waals surface area contributed by atoms with Gasteiger partial charge in [-0.1, -0.05) is 48.5 Å². The van der Waals surface area contributed by atoms with E-state index in [1.165, 1.54) is 10.5 Å². The van der Waals surface area contributed by atoms with Gasteiger partial charge in [0, 0.05) is 34.7 Å². The first-order valence-electron chi connectivity index (χ1n) is 12.8. The normalized spacial score (nSPS) is 15.9. The van der Waals surface area contributed by atoms with Gasteiger partial charge in [-0.15, -0.1) is 0 Å². The van der Waals surface area contributed by atoms with Crippen LogP contribution in [0.3, 0.4) is 0 Å². The minimum Gasteiger partial charge on any atom is -0.486 e. The van der Waals surface area contributed by atoms with Gasteiger partial charge in [0.2, 0.25) is 0 Å². The lowest BCUT2D eigenvalue weighted by Crippen LogP contribution is -3.10. The maximum atomic E-state index is 13.5. The third-order valence-corrected chi connectivity index (χ3v) is 6.88. The second kappa shape index (κ2) is 10.5. The Labute approximate surface area is 220 Å². The number of rotatable bonds is 6. The fourth-order valence-corrected chi connectivity index (χ4v) is 5.12. The molecule has 1 unspecified atom stereocenters. The van der Waals surface area contributed by atoms with Gasteiger partial charge in [-0.3, -0.25) is 9.78 Å². The van der Waals surface area contributed by atoms with Gasteiger partial charge in [-0.25, -0.2) is 4.79 Å². The van der Waals surface area contributed by atoms with Crippen molar-refractivity contribution in [1.82, 2.24) is 4.98 Å². The van der Waals surface area contributed by atoms with Gasteiger partial charge in [0.1, 0.15) is 26.3 Å². The van der Waals surface area contributed by atoms with Crippen LogP contribution in [-0.2, 0) is 29.0 Å². The van der Waals surface area contributed by atoms with E-state index in [-0.39, 0.29) is 0 Å². The van der Waals surface area contributed by atoms with Crippen molar-refractivity contribution in [2.24, 2.45) is 0 Å². The van der Waals surface area contributed by atoms with Crippen LogP contribution in [0.15, 0.2) is 72.8 Å². The molecule has 0 fully saturated rings. The van der Waals surface area contributed by atoms with E-state index in [4.69, 9.17) is 19.2 Å². The number of amides is 1. The molecular weight excluding hydrogens is 482 g/mol. The van der Waals surface area contributed by atoms with Crippen molar-refractivity contribution in [1.29, 1.82) is 0 Å². The highest BCUT2D eigenvalue weighted by molar-refractivity contribution is 6.06. The van der Waals surface area contributed by atoms with Crippen molar-refractivity contribution < 1.29 is 28.7 Å². The SMILES string of the molecule is O=C(COC(=O)c1c2c(nc3ccccc13)CC[NH+](Cc1ccccc1)C2)Nc1ccc2c(c1)OCCO2. The highest BCUT2D eigenvalue weighted by Crippen LogP contribution is 2.32. The summed E-state index contributed by atoms with van der Waals surface area (Å²) < 4.78 is 16.6. The molecule has 4 aromatic rings. The van der Waals surface area contributed by atoms with Gasteiger partial charge < -0.3 is 24.4 Å². The molecular formula is C30H28N3O5+. The average molecular weight is 511 g/mol. The third kappa shape index (κ3) is 5.03. The van der Waals surface area contributed by atoms with E-state index in [1.54, 1.807) is 18.2 Å². The Kier molecular flexibility index (Phi) is 6.62. The Morgan fingerprint density at radius 1 is 0.947 bits per heavy atom. The van der Waals surface area contributed by atoms with Crippen LogP contribution in [0.4, 0.5) is 5.69 Å². The summed E-state index contributed by atoms with van der Waals surface area (Å²) in [5.74, 6) is 0.263. The molecule has 0 bridgehead atoms.